The van der Waals surface area contributed by atoms with Crippen LogP contribution in [0.2, 0.25) is 0 Å². The number of nitrogen functional groups attached to an aromatic ring is 1. The van der Waals surface area contributed by atoms with Gasteiger partial charge in [-0.05, 0) is 36.0 Å². The fourth-order valence-electron chi connectivity index (χ4n) is 2.66. The zero-order chi connectivity index (χ0) is 13.2. The molecule has 0 aliphatic heterocycles. The molecule has 1 unspecified atom stereocenters. The number of anilines is 1. The largest absolute Gasteiger partial charge is 0.399 e. The molecule has 1 aromatic rings. The van der Waals surface area contributed by atoms with Crippen molar-refractivity contribution in [1.82, 2.24) is 5.32 Å². The molecule has 98 valence electrons. The Morgan fingerprint density at radius 2 is 2.06 bits per heavy atom. The maximum absolute atomic E-state index is 12.0. The van der Waals surface area contributed by atoms with Crippen LogP contribution in [0.25, 0.3) is 0 Å². The Kier molecular flexibility index (Phi) is 3.60. The van der Waals surface area contributed by atoms with E-state index >= 15 is 0 Å². The summed E-state index contributed by atoms with van der Waals surface area (Å²) in [5.74, 6) is 0.111. The number of rotatable bonds is 3. The Morgan fingerprint density at radius 3 is 2.61 bits per heavy atom. The normalized spacial score (nSPS) is 21.8. The first-order valence-electron chi connectivity index (χ1n) is 6.61. The highest BCUT2D eigenvalue weighted by molar-refractivity contribution is 5.79. The fourth-order valence-corrected chi connectivity index (χ4v) is 2.66. The van der Waals surface area contributed by atoms with E-state index in [4.69, 9.17) is 5.73 Å². The SMILES string of the molecule is CC1(C)CCCC1NC(=O)Cc1ccc(N)cc1. The van der Waals surface area contributed by atoms with E-state index in [2.05, 4.69) is 19.2 Å². The summed E-state index contributed by atoms with van der Waals surface area (Å²) in [5.41, 5.74) is 7.60. The summed E-state index contributed by atoms with van der Waals surface area (Å²) in [4.78, 5) is 12.0. The van der Waals surface area contributed by atoms with E-state index in [1.807, 2.05) is 24.3 Å². The average molecular weight is 246 g/mol. The van der Waals surface area contributed by atoms with Crippen molar-refractivity contribution in [2.45, 2.75) is 45.6 Å². The molecule has 1 aromatic carbocycles. The van der Waals surface area contributed by atoms with Gasteiger partial charge in [-0.1, -0.05) is 32.4 Å². The van der Waals surface area contributed by atoms with E-state index < -0.39 is 0 Å². The lowest BCUT2D eigenvalue weighted by Crippen LogP contribution is -2.42. The molecule has 0 spiro atoms. The van der Waals surface area contributed by atoms with Gasteiger partial charge in [-0.25, -0.2) is 0 Å². The standard InChI is InChI=1S/C15H22N2O/c1-15(2)9-3-4-13(15)17-14(18)10-11-5-7-12(16)8-6-11/h5-8,13H,3-4,9-10,16H2,1-2H3,(H,17,18). The van der Waals surface area contributed by atoms with Crippen LogP contribution in [0, 0.1) is 5.41 Å². The third-order valence-corrected chi connectivity index (χ3v) is 3.94. The molecular weight excluding hydrogens is 224 g/mol. The molecule has 1 amide bonds. The van der Waals surface area contributed by atoms with Crippen LogP contribution in [0.5, 0.6) is 0 Å². The molecule has 3 nitrogen and oxygen atoms in total. The van der Waals surface area contributed by atoms with Crippen molar-refractivity contribution in [1.29, 1.82) is 0 Å². The Labute approximate surface area is 109 Å². The Bertz CT molecular complexity index is 423. The lowest BCUT2D eigenvalue weighted by Gasteiger charge is -2.27. The molecule has 0 heterocycles. The van der Waals surface area contributed by atoms with Gasteiger partial charge in [0.2, 0.25) is 5.91 Å². The van der Waals surface area contributed by atoms with Gasteiger partial charge in [0.25, 0.3) is 0 Å². The highest BCUT2D eigenvalue weighted by Crippen LogP contribution is 2.37. The van der Waals surface area contributed by atoms with Crippen LogP contribution in [0.3, 0.4) is 0 Å². The van der Waals surface area contributed by atoms with Gasteiger partial charge in [-0.3, -0.25) is 4.79 Å². The first-order chi connectivity index (χ1) is 8.47. The number of hydrogen-bond donors (Lipinski definition) is 2. The maximum atomic E-state index is 12.0. The molecule has 1 saturated carbocycles. The highest BCUT2D eigenvalue weighted by atomic mass is 16.1. The van der Waals surface area contributed by atoms with Gasteiger partial charge in [0.1, 0.15) is 0 Å². The first-order valence-corrected chi connectivity index (χ1v) is 6.61. The van der Waals surface area contributed by atoms with Gasteiger partial charge in [-0.2, -0.15) is 0 Å². The molecule has 0 aromatic heterocycles. The predicted molar refractivity (Wildman–Crippen MR) is 74.1 cm³/mol. The molecule has 1 fully saturated rings. The van der Waals surface area contributed by atoms with E-state index in [-0.39, 0.29) is 11.3 Å². The second kappa shape index (κ2) is 5.01. The van der Waals surface area contributed by atoms with Crippen LogP contribution in [0.1, 0.15) is 38.7 Å². The summed E-state index contributed by atoms with van der Waals surface area (Å²) < 4.78 is 0. The van der Waals surface area contributed by atoms with Crippen LogP contribution in [0.4, 0.5) is 5.69 Å². The smallest absolute Gasteiger partial charge is 0.224 e. The molecule has 2 rings (SSSR count). The van der Waals surface area contributed by atoms with E-state index in [0.29, 0.717) is 12.5 Å². The van der Waals surface area contributed by atoms with Crippen molar-refractivity contribution in [2.24, 2.45) is 5.41 Å². The van der Waals surface area contributed by atoms with Crippen LogP contribution in [-0.4, -0.2) is 11.9 Å². The van der Waals surface area contributed by atoms with Crippen LogP contribution < -0.4 is 11.1 Å². The minimum atomic E-state index is 0.111. The quantitative estimate of drug-likeness (QED) is 0.805. The maximum Gasteiger partial charge on any atom is 0.224 e. The van der Waals surface area contributed by atoms with E-state index in [0.717, 1.165) is 17.7 Å². The summed E-state index contributed by atoms with van der Waals surface area (Å²) >= 11 is 0. The number of hydrogen-bond acceptors (Lipinski definition) is 2. The molecule has 0 saturated heterocycles. The molecular formula is C15H22N2O. The van der Waals surface area contributed by atoms with Gasteiger partial charge >= 0.3 is 0 Å². The van der Waals surface area contributed by atoms with E-state index in [1.165, 1.54) is 12.8 Å². The van der Waals surface area contributed by atoms with Gasteiger partial charge in [0, 0.05) is 11.7 Å². The zero-order valence-corrected chi connectivity index (χ0v) is 11.2. The Morgan fingerprint density at radius 1 is 1.39 bits per heavy atom. The Hall–Kier alpha value is -1.51. The molecule has 1 aliphatic carbocycles. The number of amides is 1. The average Bonchev–Trinajstić information content (AvgIpc) is 2.62. The predicted octanol–water partition coefficient (Wildman–Crippen LogP) is 2.51. The summed E-state index contributed by atoms with van der Waals surface area (Å²) in [5, 5.41) is 3.16. The third-order valence-electron chi connectivity index (χ3n) is 3.94. The number of carbonyl (C=O) groups excluding carboxylic acids is 1. The highest BCUT2D eigenvalue weighted by Gasteiger charge is 2.35. The molecule has 3 heteroatoms. The third kappa shape index (κ3) is 3.03. The second-order valence-electron chi connectivity index (χ2n) is 5.92. The molecule has 0 bridgehead atoms. The van der Waals surface area contributed by atoms with Crippen molar-refractivity contribution in [3.8, 4) is 0 Å². The fraction of sp³-hybridized carbons (Fsp3) is 0.533. The van der Waals surface area contributed by atoms with Crippen LogP contribution >= 0.6 is 0 Å². The van der Waals surface area contributed by atoms with E-state index in [1.54, 1.807) is 0 Å². The summed E-state index contributed by atoms with van der Waals surface area (Å²) in [6.07, 6.45) is 3.94. The second-order valence-corrected chi connectivity index (χ2v) is 5.92. The topological polar surface area (TPSA) is 55.1 Å². The van der Waals surface area contributed by atoms with Gasteiger partial charge < -0.3 is 11.1 Å². The summed E-state index contributed by atoms with van der Waals surface area (Å²) in [6, 6.07) is 7.81. The van der Waals surface area contributed by atoms with Crippen molar-refractivity contribution >= 4 is 11.6 Å². The molecule has 1 aliphatic rings. The molecule has 3 N–H and O–H groups in total. The summed E-state index contributed by atoms with van der Waals surface area (Å²) in [6.45, 7) is 4.46. The van der Waals surface area contributed by atoms with Gasteiger partial charge in [0.05, 0.1) is 6.42 Å². The van der Waals surface area contributed by atoms with Crippen molar-refractivity contribution in [2.75, 3.05) is 5.73 Å². The van der Waals surface area contributed by atoms with Crippen LogP contribution in [0.15, 0.2) is 24.3 Å². The molecule has 1 atom stereocenters. The number of benzene rings is 1. The van der Waals surface area contributed by atoms with Gasteiger partial charge in [0.15, 0.2) is 0 Å². The molecule has 0 radical (unpaired) electrons. The van der Waals surface area contributed by atoms with Crippen LogP contribution in [-0.2, 0) is 11.2 Å². The van der Waals surface area contributed by atoms with Crippen molar-refractivity contribution in [3.05, 3.63) is 29.8 Å². The summed E-state index contributed by atoms with van der Waals surface area (Å²) in [7, 11) is 0. The number of nitrogens with two attached hydrogens (primary N) is 1. The minimum Gasteiger partial charge on any atom is -0.399 e. The number of nitrogens with one attached hydrogen (secondary N) is 1. The van der Waals surface area contributed by atoms with Gasteiger partial charge in [-0.15, -0.1) is 0 Å². The molecule has 18 heavy (non-hydrogen) atoms. The van der Waals surface area contributed by atoms with Crippen molar-refractivity contribution < 1.29 is 4.79 Å². The van der Waals surface area contributed by atoms with E-state index in [9.17, 15) is 4.79 Å². The first kappa shape index (κ1) is 12.9. The lowest BCUT2D eigenvalue weighted by molar-refractivity contribution is -0.121. The van der Waals surface area contributed by atoms with Crippen molar-refractivity contribution in [3.63, 3.8) is 0 Å². The lowest BCUT2D eigenvalue weighted by atomic mass is 9.87. The minimum absolute atomic E-state index is 0.111. The Balaban J connectivity index is 1.91. The monoisotopic (exact) mass is 246 g/mol. The zero-order valence-electron chi connectivity index (χ0n) is 11.2. The number of carbonyl (C=O) groups is 1.